The molecule has 0 spiro atoms. The van der Waals surface area contributed by atoms with Crippen molar-refractivity contribution in [3.05, 3.63) is 100 Å². The maximum Gasteiger partial charge on any atom is 0.340 e. The maximum absolute atomic E-state index is 13.2. The van der Waals surface area contributed by atoms with Crippen LogP contribution in [0.2, 0.25) is 0 Å². The molecule has 4 rings (SSSR count). The minimum atomic E-state index is -1.07. The first kappa shape index (κ1) is 26.0. The lowest BCUT2D eigenvalue weighted by Crippen LogP contribution is -2.31. The van der Waals surface area contributed by atoms with E-state index in [1.807, 2.05) is 54.6 Å². The van der Waals surface area contributed by atoms with E-state index in [0.29, 0.717) is 11.3 Å². The number of aromatic hydroxyl groups is 1. The fourth-order valence-corrected chi connectivity index (χ4v) is 5.57. The van der Waals surface area contributed by atoms with Crippen LogP contribution in [0.5, 0.6) is 5.75 Å². The van der Waals surface area contributed by atoms with Crippen molar-refractivity contribution in [1.29, 1.82) is 0 Å². The predicted molar refractivity (Wildman–Crippen MR) is 147 cm³/mol. The van der Waals surface area contributed by atoms with E-state index in [1.54, 1.807) is 0 Å². The van der Waals surface area contributed by atoms with E-state index in [4.69, 9.17) is 4.74 Å². The lowest BCUT2D eigenvalue weighted by molar-refractivity contribution is 0.0250. The van der Waals surface area contributed by atoms with Crippen molar-refractivity contribution < 1.29 is 14.6 Å². The highest BCUT2D eigenvalue weighted by Crippen LogP contribution is 2.50. The van der Waals surface area contributed by atoms with E-state index in [2.05, 4.69) is 53.7 Å². The molecular formula is C33H40O3. The second-order valence-electron chi connectivity index (χ2n) is 11.0. The predicted octanol–water partition coefficient (Wildman–Crippen LogP) is 8.30. The number of fused-ring (bicyclic) bond motifs is 1. The van der Waals surface area contributed by atoms with E-state index < -0.39 is 5.60 Å². The molecule has 1 unspecified atom stereocenters. The molecule has 3 aromatic rings. The van der Waals surface area contributed by atoms with Crippen LogP contribution in [0.15, 0.2) is 66.7 Å². The Morgan fingerprint density at radius 2 is 1.42 bits per heavy atom. The summed E-state index contributed by atoms with van der Waals surface area (Å²) in [5.74, 6) is 0.0743. The van der Waals surface area contributed by atoms with Gasteiger partial charge in [-0.15, -0.1) is 0 Å². The SMILES string of the molecule is CCC(C)(CC)Cc1cc(C2(c3ccccc3)OC(=O)c3ccccc32)cc(C(C)(CC)CC)c1O. The summed E-state index contributed by atoms with van der Waals surface area (Å²) in [6, 6.07) is 21.9. The molecule has 3 aromatic carbocycles. The first-order valence-electron chi connectivity index (χ1n) is 13.4. The molecule has 3 nitrogen and oxygen atoms in total. The monoisotopic (exact) mass is 484 g/mol. The number of carbonyl (C=O) groups is 1. The Labute approximate surface area is 216 Å². The number of ether oxygens (including phenoxy) is 1. The van der Waals surface area contributed by atoms with Crippen molar-refractivity contribution in [3.63, 3.8) is 0 Å². The van der Waals surface area contributed by atoms with Gasteiger partial charge in [-0.3, -0.25) is 0 Å². The molecule has 0 amide bonds. The molecule has 0 fully saturated rings. The van der Waals surface area contributed by atoms with Crippen LogP contribution in [0.25, 0.3) is 0 Å². The fourth-order valence-electron chi connectivity index (χ4n) is 5.57. The van der Waals surface area contributed by atoms with Crippen molar-refractivity contribution in [3.8, 4) is 5.75 Å². The Hall–Kier alpha value is -3.07. The third kappa shape index (κ3) is 4.13. The van der Waals surface area contributed by atoms with Crippen LogP contribution < -0.4 is 0 Å². The zero-order chi connectivity index (χ0) is 26.1. The number of phenolic OH excluding ortho intramolecular Hbond substituents is 1. The minimum Gasteiger partial charge on any atom is -0.507 e. The first-order valence-corrected chi connectivity index (χ1v) is 13.4. The van der Waals surface area contributed by atoms with Gasteiger partial charge in [0.2, 0.25) is 0 Å². The zero-order valence-electron chi connectivity index (χ0n) is 22.7. The molecule has 3 heteroatoms. The highest BCUT2D eigenvalue weighted by Gasteiger charge is 2.49. The second-order valence-corrected chi connectivity index (χ2v) is 11.0. The number of cyclic esters (lactones) is 1. The number of carbonyl (C=O) groups excluding carboxylic acids is 1. The van der Waals surface area contributed by atoms with E-state index >= 15 is 0 Å². The van der Waals surface area contributed by atoms with Crippen LogP contribution >= 0.6 is 0 Å². The fraction of sp³-hybridized carbons (Fsp3) is 0.424. The Morgan fingerprint density at radius 1 is 0.806 bits per heavy atom. The topological polar surface area (TPSA) is 46.5 Å². The molecule has 1 aliphatic rings. The van der Waals surface area contributed by atoms with E-state index in [9.17, 15) is 9.90 Å². The summed E-state index contributed by atoms with van der Waals surface area (Å²) >= 11 is 0. The normalized spacial score (nSPS) is 17.7. The largest absolute Gasteiger partial charge is 0.507 e. The number of esters is 1. The summed E-state index contributed by atoms with van der Waals surface area (Å²) in [4.78, 5) is 13.2. The average Bonchev–Trinajstić information content (AvgIpc) is 3.23. The molecule has 36 heavy (non-hydrogen) atoms. The lowest BCUT2D eigenvalue weighted by Gasteiger charge is -2.36. The second kappa shape index (κ2) is 9.76. The number of phenols is 1. The van der Waals surface area contributed by atoms with E-state index in [-0.39, 0.29) is 16.8 Å². The number of rotatable bonds is 9. The Bertz CT molecular complexity index is 1240. The van der Waals surface area contributed by atoms with Gasteiger partial charge in [0.1, 0.15) is 5.75 Å². The highest BCUT2D eigenvalue weighted by atomic mass is 16.6. The zero-order valence-corrected chi connectivity index (χ0v) is 22.7. The molecule has 1 aliphatic heterocycles. The van der Waals surface area contributed by atoms with Gasteiger partial charge >= 0.3 is 5.97 Å². The van der Waals surface area contributed by atoms with Gasteiger partial charge in [-0.05, 0) is 53.9 Å². The van der Waals surface area contributed by atoms with Gasteiger partial charge in [0.15, 0.2) is 5.60 Å². The van der Waals surface area contributed by atoms with Crippen molar-refractivity contribution in [2.75, 3.05) is 0 Å². The highest BCUT2D eigenvalue weighted by molar-refractivity contribution is 5.96. The Balaban J connectivity index is 2.08. The van der Waals surface area contributed by atoms with Crippen molar-refractivity contribution in [2.24, 2.45) is 5.41 Å². The molecule has 1 atom stereocenters. The molecule has 0 saturated heterocycles. The lowest BCUT2D eigenvalue weighted by atomic mass is 9.71. The van der Waals surface area contributed by atoms with Crippen molar-refractivity contribution in [2.45, 2.75) is 84.7 Å². The van der Waals surface area contributed by atoms with Gasteiger partial charge in [-0.2, -0.15) is 0 Å². The minimum absolute atomic E-state index is 0.0619. The van der Waals surface area contributed by atoms with Gasteiger partial charge in [-0.1, -0.05) is 103 Å². The number of benzene rings is 3. The van der Waals surface area contributed by atoms with Crippen LogP contribution in [0, 0.1) is 5.41 Å². The molecule has 1 N–H and O–H groups in total. The average molecular weight is 485 g/mol. The smallest absolute Gasteiger partial charge is 0.340 e. The van der Waals surface area contributed by atoms with Crippen LogP contribution in [0.1, 0.15) is 105 Å². The molecule has 190 valence electrons. The standard InChI is InChI=1S/C33H40O3/c1-7-31(5,8-2)22-23-20-25(21-28(29(23)34)32(6,9-3)10-4)33(24-16-12-11-13-17-24)27-19-15-14-18-26(27)30(35)36-33/h11-21,34H,7-10,22H2,1-6H3. The summed E-state index contributed by atoms with van der Waals surface area (Å²) in [5, 5.41) is 11.7. The number of hydrogen-bond acceptors (Lipinski definition) is 3. The van der Waals surface area contributed by atoms with Gasteiger partial charge in [0.05, 0.1) is 5.56 Å². The first-order chi connectivity index (χ1) is 17.2. The maximum atomic E-state index is 13.2. The summed E-state index contributed by atoms with van der Waals surface area (Å²) in [5.41, 5.74) is 3.92. The van der Waals surface area contributed by atoms with Crippen LogP contribution in [-0.2, 0) is 22.2 Å². The molecule has 0 aliphatic carbocycles. The van der Waals surface area contributed by atoms with Crippen LogP contribution in [0.4, 0.5) is 0 Å². The van der Waals surface area contributed by atoms with E-state index in [1.165, 1.54) is 0 Å². The van der Waals surface area contributed by atoms with Gasteiger partial charge < -0.3 is 9.84 Å². The van der Waals surface area contributed by atoms with Gasteiger partial charge in [0.25, 0.3) is 0 Å². The van der Waals surface area contributed by atoms with Crippen LogP contribution in [-0.4, -0.2) is 11.1 Å². The summed E-state index contributed by atoms with van der Waals surface area (Å²) < 4.78 is 6.38. The Kier molecular flexibility index (Phi) is 7.05. The van der Waals surface area contributed by atoms with Crippen LogP contribution in [0.3, 0.4) is 0 Å². The molecule has 0 saturated carbocycles. The molecule has 0 bridgehead atoms. The van der Waals surface area contributed by atoms with E-state index in [0.717, 1.165) is 59.9 Å². The Morgan fingerprint density at radius 3 is 2.03 bits per heavy atom. The molecular weight excluding hydrogens is 444 g/mol. The quantitative estimate of drug-likeness (QED) is 0.311. The third-order valence-corrected chi connectivity index (χ3v) is 9.08. The van der Waals surface area contributed by atoms with Gasteiger partial charge in [-0.25, -0.2) is 4.79 Å². The summed E-state index contributed by atoms with van der Waals surface area (Å²) in [6.07, 6.45) is 4.59. The summed E-state index contributed by atoms with van der Waals surface area (Å²) in [7, 11) is 0. The van der Waals surface area contributed by atoms with Crippen molar-refractivity contribution >= 4 is 5.97 Å². The molecule has 0 radical (unpaired) electrons. The molecule has 0 aromatic heterocycles. The third-order valence-electron chi connectivity index (χ3n) is 9.08. The number of hydrogen-bond donors (Lipinski definition) is 1. The van der Waals surface area contributed by atoms with Gasteiger partial charge in [0, 0.05) is 22.3 Å². The summed E-state index contributed by atoms with van der Waals surface area (Å²) in [6.45, 7) is 13.3. The molecule has 1 heterocycles. The van der Waals surface area contributed by atoms with Crippen molar-refractivity contribution in [1.82, 2.24) is 0 Å².